The molecule has 0 fully saturated rings. The van der Waals surface area contributed by atoms with Gasteiger partial charge in [0.2, 0.25) is 0 Å². The summed E-state index contributed by atoms with van der Waals surface area (Å²) in [6.07, 6.45) is 7.31. The van der Waals surface area contributed by atoms with E-state index in [1.807, 2.05) is 73.1 Å². The number of hydrogen-bond donors (Lipinski definition) is 0. The van der Waals surface area contributed by atoms with Crippen LogP contribution in [0.15, 0.2) is 122 Å². The average molecular weight is 698 g/mol. The van der Waals surface area contributed by atoms with E-state index in [1.54, 1.807) is 12.4 Å². The molecule has 0 N–H and O–H groups in total. The van der Waals surface area contributed by atoms with Gasteiger partial charge in [0.1, 0.15) is 0 Å². The van der Waals surface area contributed by atoms with Gasteiger partial charge in [-0.15, -0.1) is 71.8 Å². The summed E-state index contributed by atoms with van der Waals surface area (Å²) in [5.74, 6) is 0. The van der Waals surface area contributed by atoms with Crippen LogP contribution in [0.4, 0.5) is 0 Å². The van der Waals surface area contributed by atoms with Crippen molar-refractivity contribution in [1.82, 2.24) is 19.9 Å². The Morgan fingerprint density at radius 1 is 0.550 bits per heavy atom. The standard InChI is InChI=1S/C35H26N4.Pt/c1-35(2,31-19-17-29(27-15-9-21-36-23-27)33(38-31)25-11-5-3-6-12-25)32-20-18-30(28-16-10-22-37-24-28)34(39-32)26-13-7-4-8-14-26;/h3-11,13,15-24H,1-2H3;/q-2;+2. The normalized spacial score (nSPS) is 11.1. The van der Waals surface area contributed by atoms with E-state index in [0.29, 0.717) is 0 Å². The van der Waals surface area contributed by atoms with Crippen LogP contribution in [-0.2, 0) is 26.5 Å². The molecule has 4 nitrogen and oxygen atoms in total. The fourth-order valence-corrected chi connectivity index (χ4v) is 4.75. The van der Waals surface area contributed by atoms with Crippen LogP contribution in [-0.4, -0.2) is 19.9 Å². The Morgan fingerprint density at radius 3 is 1.40 bits per heavy atom. The van der Waals surface area contributed by atoms with Crippen molar-refractivity contribution in [2.75, 3.05) is 0 Å². The van der Waals surface area contributed by atoms with Gasteiger partial charge in [0, 0.05) is 41.6 Å². The van der Waals surface area contributed by atoms with E-state index in [4.69, 9.17) is 9.97 Å². The van der Waals surface area contributed by atoms with Crippen molar-refractivity contribution in [3.63, 3.8) is 0 Å². The third kappa shape index (κ3) is 5.41. The first-order valence-electron chi connectivity index (χ1n) is 12.9. The molecule has 6 rings (SSSR count). The first-order chi connectivity index (χ1) is 19.1. The molecule has 0 aliphatic carbocycles. The quantitative estimate of drug-likeness (QED) is 0.167. The minimum absolute atomic E-state index is 0. The molecule has 0 saturated heterocycles. The van der Waals surface area contributed by atoms with E-state index in [2.05, 4.69) is 72.3 Å². The number of rotatable bonds is 6. The third-order valence-electron chi connectivity index (χ3n) is 6.94. The van der Waals surface area contributed by atoms with E-state index >= 15 is 0 Å². The van der Waals surface area contributed by atoms with Gasteiger partial charge < -0.3 is 0 Å². The maximum Gasteiger partial charge on any atom is 2.00 e. The van der Waals surface area contributed by atoms with Gasteiger partial charge >= 0.3 is 21.1 Å². The maximum atomic E-state index is 5.23. The zero-order chi connectivity index (χ0) is 26.7. The molecule has 0 amide bonds. The largest absolute Gasteiger partial charge is 2.00 e. The zero-order valence-electron chi connectivity index (χ0n) is 22.2. The zero-order valence-corrected chi connectivity index (χ0v) is 24.4. The molecule has 0 atom stereocenters. The first-order valence-corrected chi connectivity index (χ1v) is 12.9. The van der Waals surface area contributed by atoms with Crippen molar-refractivity contribution in [2.24, 2.45) is 0 Å². The van der Waals surface area contributed by atoms with Crippen molar-refractivity contribution < 1.29 is 21.1 Å². The molecule has 0 radical (unpaired) electrons. The van der Waals surface area contributed by atoms with Crippen LogP contribution < -0.4 is 0 Å². The predicted molar refractivity (Wildman–Crippen MR) is 156 cm³/mol. The van der Waals surface area contributed by atoms with Gasteiger partial charge in [-0.25, -0.2) is 0 Å². The van der Waals surface area contributed by atoms with Crippen molar-refractivity contribution in [2.45, 2.75) is 19.3 Å². The molecule has 5 heteroatoms. The van der Waals surface area contributed by atoms with Gasteiger partial charge in [-0.3, -0.25) is 19.9 Å². The van der Waals surface area contributed by atoms with Gasteiger partial charge in [0.15, 0.2) is 0 Å². The van der Waals surface area contributed by atoms with Crippen LogP contribution in [0.2, 0.25) is 0 Å². The minimum Gasteiger partial charge on any atom is -0.300 e. The summed E-state index contributed by atoms with van der Waals surface area (Å²) in [7, 11) is 0. The Kier molecular flexibility index (Phi) is 8.09. The van der Waals surface area contributed by atoms with E-state index in [-0.39, 0.29) is 21.1 Å². The molecule has 4 heterocycles. The number of aromatic nitrogens is 4. The SMILES string of the molecule is CC(C)(c1ccc(-c2cccnc2)c(-c2[c-]cccc2)n1)c1ccc(-c2cccnc2)c(-c2[c-]cccc2)n1.[Pt+2]. The second-order valence-electron chi connectivity index (χ2n) is 9.85. The Bertz CT molecular complexity index is 1580. The van der Waals surface area contributed by atoms with Gasteiger partial charge in [-0.1, -0.05) is 24.3 Å². The summed E-state index contributed by atoms with van der Waals surface area (Å²) >= 11 is 0. The predicted octanol–water partition coefficient (Wildman–Crippen LogP) is 7.86. The minimum atomic E-state index is -0.478. The number of nitrogens with zero attached hydrogens (tertiary/aromatic N) is 4. The summed E-state index contributed by atoms with van der Waals surface area (Å²) < 4.78 is 0. The van der Waals surface area contributed by atoms with E-state index < -0.39 is 5.41 Å². The van der Waals surface area contributed by atoms with E-state index in [1.165, 1.54) is 0 Å². The topological polar surface area (TPSA) is 51.6 Å². The molecular weight excluding hydrogens is 671 g/mol. The van der Waals surface area contributed by atoms with Gasteiger partial charge in [-0.05, 0) is 71.8 Å². The summed E-state index contributed by atoms with van der Waals surface area (Å²) in [5, 5.41) is 0. The number of benzene rings is 2. The van der Waals surface area contributed by atoms with E-state index in [9.17, 15) is 0 Å². The van der Waals surface area contributed by atoms with Crippen LogP contribution in [0.3, 0.4) is 0 Å². The molecule has 40 heavy (non-hydrogen) atoms. The van der Waals surface area contributed by atoms with Crippen LogP contribution in [0.5, 0.6) is 0 Å². The molecule has 196 valence electrons. The van der Waals surface area contributed by atoms with Crippen molar-refractivity contribution in [1.29, 1.82) is 0 Å². The summed E-state index contributed by atoms with van der Waals surface area (Å²) in [6, 6.07) is 39.1. The fraction of sp³-hybridized carbons (Fsp3) is 0.0857. The van der Waals surface area contributed by atoms with Gasteiger partial charge in [0.25, 0.3) is 0 Å². The molecule has 0 aliphatic rings. The Labute approximate surface area is 249 Å². The second kappa shape index (κ2) is 11.9. The van der Waals surface area contributed by atoms with Crippen molar-refractivity contribution in [3.8, 4) is 44.8 Å². The van der Waals surface area contributed by atoms with Gasteiger partial charge in [-0.2, -0.15) is 0 Å². The average Bonchev–Trinajstić information content (AvgIpc) is 3.02. The van der Waals surface area contributed by atoms with Crippen LogP contribution in [0.25, 0.3) is 44.8 Å². The molecule has 0 spiro atoms. The summed E-state index contributed by atoms with van der Waals surface area (Å²) in [6.45, 7) is 4.34. The second-order valence-corrected chi connectivity index (χ2v) is 9.85. The summed E-state index contributed by atoms with van der Waals surface area (Å²) in [4.78, 5) is 19.1. The first kappa shape index (κ1) is 27.3. The molecule has 4 aromatic heterocycles. The molecule has 0 aliphatic heterocycles. The Hall–Kier alpha value is -4.27. The molecule has 0 bridgehead atoms. The molecule has 0 saturated carbocycles. The van der Waals surface area contributed by atoms with Crippen molar-refractivity contribution in [3.05, 3.63) is 145 Å². The van der Waals surface area contributed by atoms with Crippen LogP contribution >= 0.6 is 0 Å². The molecule has 2 aromatic carbocycles. The monoisotopic (exact) mass is 697 g/mol. The van der Waals surface area contributed by atoms with Crippen LogP contribution in [0.1, 0.15) is 25.2 Å². The Balaban J connectivity index is 0.00000323. The van der Waals surface area contributed by atoms with Crippen molar-refractivity contribution >= 4 is 0 Å². The van der Waals surface area contributed by atoms with Crippen LogP contribution in [0, 0.1) is 12.1 Å². The van der Waals surface area contributed by atoms with Gasteiger partial charge in [0.05, 0.1) is 0 Å². The number of pyridine rings is 4. The maximum absolute atomic E-state index is 5.23. The fourth-order valence-electron chi connectivity index (χ4n) is 4.75. The smallest absolute Gasteiger partial charge is 0.300 e. The third-order valence-corrected chi connectivity index (χ3v) is 6.94. The molecule has 6 aromatic rings. The van der Waals surface area contributed by atoms with E-state index in [0.717, 1.165) is 56.2 Å². The number of hydrogen-bond acceptors (Lipinski definition) is 4. The molecule has 0 unspecified atom stereocenters. The Morgan fingerprint density at radius 2 is 1.02 bits per heavy atom. The molecular formula is C35H26N4Pt. The summed E-state index contributed by atoms with van der Waals surface area (Å²) in [5.41, 5.74) is 9.06.